The minimum Gasteiger partial charge on any atom is -0.481 e. The van der Waals surface area contributed by atoms with Gasteiger partial charge in [0, 0.05) is 6.42 Å². The van der Waals surface area contributed by atoms with Gasteiger partial charge in [0.05, 0.1) is 0 Å². The molecule has 0 aromatic rings. The van der Waals surface area contributed by atoms with Gasteiger partial charge in [-0.2, -0.15) is 0 Å². The zero-order valence-electron chi connectivity index (χ0n) is 5.23. The number of rotatable bonds is 1. The Morgan fingerprint density at radius 1 is 1.60 bits per heavy atom. The van der Waals surface area contributed by atoms with Gasteiger partial charge in [-0.1, -0.05) is 0 Å². The van der Waals surface area contributed by atoms with E-state index in [0.717, 1.165) is 0 Å². The number of carboxylic acid groups (broad SMARTS) is 1. The second-order valence-electron chi connectivity index (χ2n) is 2.52. The van der Waals surface area contributed by atoms with Gasteiger partial charge in [-0.25, -0.2) is 0 Å². The number of carbonyl (C=O) groups is 1. The molecule has 1 saturated carbocycles. The molecule has 5 heteroatoms. The molecule has 1 N–H and O–H groups in total. The minimum atomic E-state index is -1.03. The first-order valence-corrected chi connectivity index (χ1v) is 3.27. The lowest BCUT2D eigenvalue weighted by Gasteiger charge is -2.02. The molecule has 0 aliphatic heterocycles. The highest BCUT2D eigenvalue weighted by Crippen LogP contribution is 2.63. The quantitative estimate of drug-likeness (QED) is 0.666. The van der Waals surface area contributed by atoms with Crippen molar-refractivity contribution in [2.75, 3.05) is 0 Å². The summed E-state index contributed by atoms with van der Waals surface area (Å²) in [5.41, 5.74) is -0.907. The molecule has 1 aliphatic carbocycles. The van der Waals surface area contributed by atoms with Crippen molar-refractivity contribution in [1.82, 2.24) is 0 Å². The molecular weight excluding hydrogens is 198 g/mol. The second kappa shape index (κ2) is 2.43. The zero-order valence-corrected chi connectivity index (χ0v) is 7.56. The highest BCUT2D eigenvalue weighted by atomic mass is 35.5. The van der Waals surface area contributed by atoms with Crippen LogP contribution >= 0.6 is 35.6 Å². The number of carboxylic acids is 1. The fourth-order valence-electron chi connectivity index (χ4n) is 0.632. The first-order chi connectivity index (χ1) is 3.90. The van der Waals surface area contributed by atoms with Gasteiger partial charge in [0.15, 0.2) is 0 Å². The normalized spacial score (nSPS) is 34.3. The van der Waals surface area contributed by atoms with Crippen molar-refractivity contribution in [3.8, 4) is 0 Å². The number of aliphatic carboxylic acids is 1. The van der Waals surface area contributed by atoms with E-state index in [2.05, 4.69) is 0 Å². The van der Waals surface area contributed by atoms with Gasteiger partial charge in [0.25, 0.3) is 0 Å². The predicted octanol–water partition coefficient (Wildman–Crippen LogP) is 2.08. The van der Waals surface area contributed by atoms with Crippen LogP contribution in [0.4, 0.5) is 0 Å². The molecule has 0 saturated heterocycles. The first kappa shape index (κ1) is 10.3. The molecule has 10 heavy (non-hydrogen) atoms. The average Bonchev–Trinajstić information content (AvgIpc) is 2.08. The number of alkyl halides is 2. The van der Waals surface area contributed by atoms with Crippen LogP contribution in [-0.4, -0.2) is 15.4 Å². The monoisotopic (exact) mass is 204 g/mol. The van der Waals surface area contributed by atoms with E-state index in [1.165, 1.54) is 6.92 Å². The van der Waals surface area contributed by atoms with Gasteiger partial charge < -0.3 is 5.11 Å². The van der Waals surface area contributed by atoms with Crippen LogP contribution in [0, 0.1) is 5.41 Å². The maximum Gasteiger partial charge on any atom is 0.312 e. The molecule has 1 fully saturated rings. The summed E-state index contributed by atoms with van der Waals surface area (Å²) in [4.78, 5) is 10.3. The van der Waals surface area contributed by atoms with Crippen LogP contribution in [0.5, 0.6) is 0 Å². The average molecular weight is 205 g/mol. The lowest BCUT2D eigenvalue weighted by molar-refractivity contribution is -0.142. The predicted molar refractivity (Wildman–Crippen MR) is 42.0 cm³/mol. The molecular formula is C5H7Cl3O2. The van der Waals surface area contributed by atoms with E-state index in [9.17, 15) is 4.79 Å². The van der Waals surface area contributed by atoms with Crippen molar-refractivity contribution in [3.63, 3.8) is 0 Å². The third kappa shape index (κ3) is 1.20. The molecule has 0 amide bonds. The Labute approximate surface area is 74.9 Å². The Balaban J connectivity index is 0.000000810. The molecule has 1 unspecified atom stereocenters. The van der Waals surface area contributed by atoms with Crippen molar-refractivity contribution in [2.45, 2.75) is 17.7 Å². The molecule has 60 valence electrons. The lowest BCUT2D eigenvalue weighted by atomic mass is 10.1. The van der Waals surface area contributed by atoms with Crippen LogP contribution in [0.2, 0.25) is 0 Å². The van der Waals surface area contributed by atoms with Gasteiger partial charge in [-0.05, 0) is 6.92 Å². The fourth-order valence-corrected chi connectivity index (χ4v) is 1.33. The van der Waals surface area contributed by atoms with Crippen LogP contribution < -0.4 is 0 Å². The number of hydrogen-bond acceptors (Lipinski definition) is 1. The summed E-state index contributed by atoms with van der Waals surface area (Å²) in [6.45, 7) is 1.54. The number of hydrogen-bond donors (Lipinski definition) is 1. The van der Waals surface area contributed by atoms with Gasteiger partial charge >= 0.3 is 5.97 Å². The summed E-state index contributed by atoms with van der Waals surface area (Å²) in [6, 6.07) is 0. The smallest absolute Gasteiger partial charge is 0.312 e. The summed E-state index contributed by atoms with van der Waals surface area (Å²) >= 11 is 11.1. The largest absolute Gasteiger partial charge is 0.481 e. The molecule has 0 spiro atoms. The van der Waals surface area contributed by atoms with E-state index >= 15 is 0 Å². The van der Waals surface area contributed by atoms with E-state index in [1.54, 1.807) is 0 Å². The van der Waals surface area contributed by atoms with Crippen molar-refractivity contribution < 1.29 is 9.90 Å². The zero-order chi connectivity index (χ0) is 7.28. The van der Waals surface area contributed by atoms with Crippen LogP contribution in [0.25, 0.3) is 0 Å². The Morgan fingerprint density at radius 3 is 1.90 bits per heavy atom. The Bertz CT molecular complexity index is 168. The van der Waals surface area contributed by atoms with Gasteiger partial charge in [0.2, 0.25) is 0 Å². The molecule has 0 bridgehead atoms. The van der Waals surface area contributed by atoms with Crippen LogP contribution in [0.3, 0.4) is 0 Å². The third-order valence-corrected chi connectivity index (χ3v) is 2.83. The molecule has 0 radical (unpaired) electrons. The van der Waals surface area contributed by atoms with Crippen molar-refractivity contribution in [3.05, 3.63) is 0 Å². The summed E-state index contributed by atoms with van der Waals surface area (Å²) < 4.78 is -1.03. The molecule has 2 nitrogen and oxygen atoms in total. The molecule has 1 aliphatic rings. The third-order valence-electron chi connectivity index (χ3n) is 1.73. The van der Waals surface area contributed by atoms with Crippen molar-refractivity contribution in [2.24, 2.45) is 5.41 Å². The molecule has 1 atom stereocenters. The van der Waals surface area contributed by atoms with E-state index in [1.807, 2.05) is 0 Å². The van der Waals surface area contributed by atoms with Gasteiger partial charge in [-0.15, -0.1) is 35.6 Å². The standard InChI is InChI=1S/C5H6Cl2O2.ClH/c1-4(3(8)9)2-5(4,6)7;/h2H2,1H3,(H,8,9);1H. The fraction of sp³-hybridized carbons (Fsp3) is 0.800. The minimum absolute atomic E-state index is 0. The van der Waals surface area contributed by atoms with E-state index in [4.69, 9.17) is 28.3 Å². The Kier molecular flexibility index (Phi) is 2.52. The van der Waals surface area contributed by atoms with E-state index in [-0.39, 0.29) is 12.4 Å². The van der Waals surface area contributed by atoms with Gasteiger partial charge in [-0.3, -0.25) is 4.79 Å². The second-order valence-corrected chi connectivity index (χ2v) is 4.00. The maximum atomic E-state index is 10.3. The summed E-state index contributed by atoms with van der Waals surface area (Å²) in [5, 5.41) is 8.48. The maximum absolute atomic E-state index is 10.3. The van der Waals surface area contributed by atoms with Crippen molar-refractivity contribution >= 4 is 41.6 Å². The van der Waals surface area contributed by atoms with Crippen molar-refractivity contribution in [1.29, 1.82) is 0 Å². The summed E-state index contributed by atoms with van der Waals surface area (Å²) in [6.07, 6.45) is 0.346. The van der Waals surface area contributed by atoms with Crippen LogP contribution in [0.15, 0.2) is 0 Å². The molecule has 0 aromatic heterocycles. The molecule has 0 heterocycles. The van der Waals surface area contributed by atoms with Crippen LogP contribution in [0.1, 0.15) is 13.3 Å². The van der Waals surface area contributed by atoms with E-state index < -0.39 is 15.7 Å². The Hall–Kier alpha value is 0.340. The number of halogens is 3. The topological polar surface area (TPSA) is 37.3 Å². The van der Waals surface area contributed by atoms with E-state index in [0.29, 0.717) is 6.42 Å². The molecule has 1 rings (SSSR count). The lowest BCUT2D eigenvalue weighted by Crippen LogP contribution is -2.16. The summed E-state index contributed by atoms with van der Waals surface area (Å²) in [5.74, 6) is -0.924. The molecule has 0 aromatic carbocycles. The van der Waals surface area contributed by atoms with Gasteiger partial charge in [0.1, 0.15) is 9.75 Å². The summed E-state index contributed by atoms with van der Waals surface area (Å²) in [7, 11) is 0. The SMILES string of the molecule is CC1(C(=O)O)CC1(Cl)Cl.Cl. The highest BCUT2D eigenvalue weighted by molar-refractivity contribution is 6.53. The van der Waals surface area contributed by atoms with Crippen LogP contribution in [-0.2, 0) is 4.79 Å². The Morgan fingerprint density at radius 2 is 1.90 bits per heavy atom. The first-order valence-electron chi connectivity index (χ1n) is 2.51. The highest BCUT2D eigenvalue weighted by Gasteiger charge is 2.68.